The van der Waals surface area contributed by atoms with Gasteiger partial charge in [-0.1, -0.05) is 36.4 Å². The van der Waals surface area contributed by atoms with Gasteiger partial charge in [0.2, 0.25) is 0 Å². The number of hydrogen-bond acceptors (Lipinski definition) is 7. The van der Waals surface area contributed by atoms with Crippen molar-refractivity contribution in [3.63, 3.8) is 0 Å². The first-order valence-electron chi connectivity index (χ1n) is 13.5. The standard InChI is InChI=1S/C30H38N2O5/c1-28(2,3)37-27(34)21(16-18-8-6-5-7-9-18)31-20-12-13-30(35)23-17-19-10-11-22(33)25-24(19)29(30,26(20)36-25)14-15-32(23)4/h5-11,20-21,23,26,31,33,35H,12-17H2,1-4H3/t20?,21?,23-,26?,29+,30-/m1/s1. The molecule has 4 aliphatic rings. The van der Waals surface area contributed by atoms with E-state index in [0.29, 0.717) is 25.0 Å². The van der Waals surface area contributed by atoms with Crippen LogP contribution in [-0.4, -0.2) is 70.1 Å². The number of aromatic hydroxyl groups is 1. The number of carbonyl (C=O) groups excluding carboxylic acids is 1. The van der Waals surface area contributed by atoms with Gasteiger partial charge in [0.05, 0.1) is 11.0 Å². The van der Waals surface area contributed by atoms with E-state index in [-0.39, 0.29) is 23.8 Å². The fourth-order valence-corrected chi connectivity index (χ4v) is 7.62. The van der Waals surface area contributed by atoms with Crippen molar-refractivity contribution < 1.29 is 24.5 Å². The third-order valence-electron chi connectivity index (χ3n) is 9.12. The van der Waals surface area contributed by atoms with Crippen molar-refractivity contribution in [1.82, 2.24) is 10.2 Å². The van der Waals surface area contributed by atoms with Crippen molar-refractivity contribution in [1.29, 1.82) is 0 Å². The molecule has 37 heavy (non-hydrogen) atoms. The van der Waals surface area contributed by atoms with Crippen LogP contribution in [-0.2, 0) is 27.8 Å². The van der Waals surface area contributed by atoms with Gasteiger partial charge < -0.3 is 24.6 Å². The van der Waals surface area contributed by atoms with E-state index >= 15 is 0 Å². The Morgan fingerprint density at radius 2 is 1.97 bits per heavy atom. The zero-order chi connectivity index (χ0) is 26.2. The maximum absolute atomic E-state index is 13.4. The van der Waals surface area contributed by atoms with Gasteiger partial charge in [0.25, 0.3) is 0 Å². The lowest BCUT2D eigenvalue weighted by Crippen LogP contribution is -2.78. The largest absolute Gasteiger partial charge is 0.504 e. The minimum absolute atomic E-state index is 0.0118. The van der Waals surface area contributed by atoms with Crippen LogP contribution in [0.5, 0.6) is 11.5 Å². The Morgan fingerprint density at radius 3 is 2.70 bits per heavy atom. The molecule has 3 N–H and O–H groups in total. The third-order valence-corrected chi connectivity index (χ3v) is 9.12. The van der Waals surface area contributed by atoms with Crippen LogP contribution in [0, 0.1) is 0 Å². The summed E-state index contributed by atoms with van der Waals surface area (Å²) in [6, 6.07) is 12.9. The summed E-state index contributed by atoms with van der Waals surface area (Å²) in [6.07, 6.45) is 2.82. The van der Waals surface area contributed by atoms with Crippen LogP contribution < -0.4 is 10.1 Å². The molecule has 7 nitrogen and oxygen atoms in total. The smallest absolute Gasteiger partial charge is 0.324 e. The van der Waals surface area contributed by atoms with Gasteiger partial charge >= 0.3 is 5.97 Å². The highest BCUT2D eigenvalue weighted by molar-refractivity contribution is 5.77. The van der Waals surface area contributed by atoms with Crippen LogP contribution in [0.1, 0.15) is 56.7 Å². The molecule has 2 heterocycles. The summed E-state index contributed by atoms with van der Waals surface area (Å²) >= 11 is 0. The molecule has 7 heteroatoms. The summed E-state index contributed by atoms with van der Waals surface area (Å²) < 4.78 is 12.4. The number of phenolic OH excluding ortho intramolecular Hbond substituents is 1. The lowest BCUT2D eigenvalue weighted by atomic mass is 9.48. The van der Waals surface area contributed by atoms with E-state index in [1.54, 1.807) is 6.07 Å². The van der Waals surface area contributed by atoms with E-state index < -0.39 is 28.8 Å². The highest BCUT2D eigenvalue weighted by Crippen LogP contribution is 2.65. The highest BCUT2D eigenvalue weighted by atomic mass is 16.6. The first kappa shape index (κ1) is 24.7. The molecule has 2 aliphatic heterocycles. The summed E-state index contributed by atoms with van der Waals surface area (Å²) in [7, 11) is 2.09. The minimum atomic E-state index is -0.963. The number of carbonyl (C=O) groups is 1. The molecular weight excluding hydrogens is 468 g/mol. The molecule has 2 aliphatic carbocycles. The van der Waals surface area contributed by atoms with Crippen LogP contribution in [0.15, 0.2) is 42.5 Å². The number of piperidine rings is 1. The molecule has 1 spiro atoms. The molecule has 1 saturated carbocycles. The number of phenols is 1. The lowest BCUT2D eigenvalue weighted by Gasteiger charge is -2.63. The second-order valence-corrected chi connectivity index (χ2v) is 12.4. The van der Waals surface area contributed by atoms with E-state index in [4.69, 9.17) is 9.47 Å². The van der Waals surface area contributed by atoms with Crippen LogP contribution in [0.2, 0.25) is 0 Å². The minimum Gasteiger partial charge on any atom is -0.504 e. The molecule has 2 aromatic rings. The van der Waals surface area contributed by atoms with Crippen LogP contribution in [0.3, 0.4) is 0 Å². The lowest BCUT2D eigenvalue weighted by molar-refractivity contribution is -0.188. The average Bonchev–Trinajstić information content (AvgIpc) is 3.20. The molecule has 6 rings (SSSR count). The van der Waals surface area contributed by atoms with Gasteiger partial charge in [-0.15, -0.1) is 0 Å². The molecule has 6 atom stereocenters. The van der Waals surface area contributed by atoms with Gasteiger partial charge in [-0.05, 0) is 83.7 Å². The molecular formula is C30H38N2O5. The summed E-state index contributed by atoms with van der Waals surface area (Å²) in [5.74, 6) is 0.335. The summed E-state index contributed by atoms with van der Waals surface area (Å²) in [5.41, 5.74) is 0.967. The van der Waals surface area contributed by atoms with Gasteiger partial charge in [0.1, 0.15) is 17.7 Å². The zero-order valence-electron chi connectivity index (χ0n) is 22.2. The number of hydrogen-bond donors (Lipinski definition) is 3. The summed E-state index contributed by atoms with van der Waals surface area (Å²) in [6.45, 7) is 6.48. The normalized spacial score (nSPS) is 32.8. The molecule has 0 aromatic heterocycles. The third kappa shape index (κ3) is 3.69. The number of nitrogens with zero attached hydrogens (tertiary/aromatic N) is 1. The van der Waals surface area contributed by atoms with Crippen molar-refractivity contribution >= 4 is 5.97 Å². The van der Waals surface area contributed by atoms with Gasteiger partial charge in [-0.25, -0.2) is 0 Å². The summed E-state index contributed by atoms with van der Waals surface area (Å²) in [4.78, 5) is 15.7. The number of esters is 1. The maximum Gasteiger partial charge on any atom is 0.324 e. The van der Waals surface area contributed by atoms with Gasteiger partial charge in [0, 0.05) is 17.6 Å². The van der Waals surface area contributed by atoms with Crippen molar-refractivity contribution in [2.45, 2.75) is 93.7 Å². The Kier molecular flexibility index (Phi) is 5.64. The molecule has 3 unspecified atom stereocenters. The quantitative estimate of drug-likeness (QED) is 0.537. The number of likely N-dealkylation sites (tertiary alicyclic amines) is 1. The number of likely N-dealkylation sites (N-methyl/N-ethyl adjacent to an activating group) is 1. The highest BCUT2D eigenvalue weighted by Gasteiger charge is 2.72. The number of ether oxygens (including phenoxy) is 2. The Balaban J connectivity index is 1.38. The van der Waals surface area contributed by atoms with Gasteiger partial charge in [-0.2, -0.15) is 0 Å². The van der Waals surface area contributed by atoms with Crippen LogP contribution in [0.25, 0.3) is 0 Å². The Hall–Kier alpha value is -2.61. The molecule has 0 radical (unpaired) electrons. The predicted molar refractivity (Wildman–Crippen MR) is 140 cm³/mol. The zero-order valence-corrected chi connectivity index (χ0v) is 22.2. The average molecular weight is 507 g/mol. The first-order chi connectivity index (χ1) is 17.5. The number of nitrogens with one attached hydrogen (secondary N) is 1. The fraction of sp³-hybridized carbons (Fsp3) is 0.567. The van der Waals surface area contributed by atoms with E-state index in [2.05, 4.69) is 17.3 Å². The topological polar surface area (TPSA) is 91.3 Å². The van der Waals surface area contributed by atoms with E-state index in [0.717, 1.165) is 36.1 Å². The molecule has 2 bridgehead atoms. The van der Waals surface area contributed by atoms with E-state index in [9.17, 15) is 15.0 Å². The van der Waals surface area contributed by atoms with Crippen molar-refractivity contribution in [3.05, 3.63) is 59.2 Å². The van der Waals surface area contributed by atoms with Gasteiger partial charge in [-0.3, -0.25) is 10.1 Å². The number of rotatable bonds is 5. The van der Waals surface area contributed by atoms with Crippen LogP contribution >= 0.6 is 0 Å². The van der Waals surface area contributed by atoms with Crippen molar-refractivity contribution in [2.24, 2.45) is 0 Å². The molecule has 2 aromatic carbocycles. The maximum atomic E-state index is 13.4. The van der Waals surface area contributed by atoms with Gasteiger partial charge in [0.15, 0.2) is 11.5 Å². The Labute approximate surface area is 218 Å². The Morgan fingerprint density at radius 1 is 1.22 bits per heavy atom. The molecule has 1 saturated heterocycles. The van der Waals surface area contributed by atoms with Crippen molar-refractivity contribution in [3.8, 4) is 11.5 Å². The van der Waals surface area contributed by atoms with Crippen LogP contribution in [0.4, 0.5) is 0 Å². The number of aliphatic hydroxyl groups is 1. The second-order valence-electron chi connectivity index (χ2n) is 12.4. The molecule has 198 valence electrons. The first-order valence-corrected chi connectivity index (χ1v) is 13.5. The predicted octanol–water partition coefficient (Wildman–Crippen LogP) is 3.09. The molecule has 2 fully saturated rings. The molecule has 0 amide bonds. The fourth-order valence-electron chi connectivity index (χ4n) is 7.62. The Bertz CT molecular complexity index is 1210. The van der Waals surface area contributed by atoms with E-state index in [1.807, 2.05) is 57.2 Å². The SMILES string of the molecule is CN1CC[C@]23c4c5ccc(O)c4OC2C(NC(Cc2ccccc2)C(=O)OC(C)(C)C)CC[C@@]3(O)[C@H]1C5. The number of benzene rings is 2. The van der Waals surface area contributed by atoms with E-state index in [1.165, 1.54) is 0 Å². The van der Waals surface area contributed by atoms with Crippen molar-refractivity contribution in [2.75, 3.05) is 13.6 Å². The second kappa shape index (κ2) is 8.45. The summed E-state index contributed by atoms with van der Waals surface area (Å²) in [5, 5.41) is 26.8. The monoisotopic (exact) mass is 506 g/mol.